The molecular weight excluding hydrogens is 204 g/mol. The van der Waals surface area contributed by atoms with Gasteiger partial charge in [0.1, 0.15) is 11.9 Å². The van der Waals surface area contributed by atoms with E-state index in [1.807, 2.05) is 23.1 Å². The van der Waals surface area contributed by atoms with E-state index in [0.29, 0.717) is 6.54 Å². The lowest BCUT2D eigenvalue weighted by atomic mass is 10.1. The lowest BCUT2D eigenvalue weighted by molar-refractivity contribution is 0.167. The van der Waals surface area contributed by atoms with E-state index in [4.69, 9.17) is 4.74 Å². The second kappa shape index (κ2) is 3.70. The number of hydrogen-bond acceptors (Lipinski definition) is 2. The van der Waals surface area contributed by atoms with Crippen LogP contribution < -0.4 is 10.1 Å². The van der Waals surface area contributed by atoms with Crippen LogP contribution in [0.25, 0.3) is 0 Å². The third-order valence-corrected chi connectivity index (χ3v) is 3.08. The molecule has 2 aliphatic rings. The molecule has 0 aliphatic carbocycles. The highest BCUT2D eigenvalue weighted by Crippen LogP contribution is 2.28. The average Bonchev–Trinajstić information content (AvgIpc) is 2.85. The van der Waals surface area contributed by atoms with Gasteiger partial charge in [-0.1, -0.05) is 18.2 Å². The van der Waals surface area contributed by atoms with Crippen molar-refractivity contribution in [1.29, 1.82) is 0 Å². The SMILES string of the molecule is O=C1NCCN1CC1Cc2ccccc2O1. The Balaban J connectivity index is 1.66. The number of fused-ring (bicyclic) bond motifs is 1. The number of nitrogens with one attached hydrogen (secondary N) is 1. The molecule has 2 heterocycles. The minimum atomic E-state index is 0.0274. The molecule has 1 saturated heterocycles. The van der Waals surface area contributed by atoms with E-state index in [2.05, 4.69) is 11.4 Å². The molecule has 1 N–H and O–H groups in total. The first-order chi connectivity index (χ1) is 7.83. The molecule has 0 aromatic heterocycles. The van der Waals surface area contributed by atoms with Crippen molar-refractivity contribution in [2.24, 2.45) is 0 Å². The molecule has 4 nitrogen and oxygen atoms in total. The van der Waals surface area contributed by atoms with E-state index in [1.54, 1.807) is 0 Å². The van der Waals surface area contributed by atoms with Crippen LogP contribution in [0, 0.1) is 0 Å². The summed E-state index contributed by atoms with van der Waals surface area (Å²) in [4.78, 5) is 13.2. The third kappa shape index (κ3) is 1.60. The van der Waals surface area contributed by atoms with Crippen LogP contribution in [0.1, 0.15) is 5.56 Å². The lowest BCUT2D eigenvalue weighted by Crippen LogP contribution is -2.37. The van der Waals surface area contributed by atoms with Gasteiger partial charge in [-0.15, -0.1) is 0 Å². The summed E-state index contributed by atoms with van der Waals surface area (Å²) in [5.41, 5.74) is 1.24. The summed E-state index contributed by atoms with van der Waals surface area (Å²) in [6.45, 7) is 2.22. The van der Waals surface area contributed by atoms with Gasteiger partial charge in [0, 0.05) is 19.5 Å². The summed E-state index contributed by atoms with van der Waals surface area (Å²) < 4.78 is 5.80. The molecule has 0 saturated carbocycles. The van der Waals surface area contributed by atoms with Gasteiger partial charge >= 0.3 is 6.03 Å². The van der Waals surface area contributed by atoms with Gasteiger partial charge in [0.2, 0.25) is 0 Å². The second-order valence-corrected chi connectivity index (χ2v) is 4.23. The standard InChI is InChI=1S/C12H14N2O2/c15-12-13-5-6-14(12)8-10-7-9-3-1-2-4-11(9)16-10/h1-4,10H,5-8H2,(H,13,15). The fourth-order valence-corrected chi connectivity index (χ4v) is 2.29. The van der Waals surface area contributed by atoms with Gasteiger partial charge in [0.15, 0.2) is 0 Å². The maximum absolute atomic E-state index is 11.4. The first kappa shape index (κ1) is 9.51. The van der Waals surface area contributed by atoms with Gasteiger partial charge in [-0.3, -0.25) is 0 Å². The largest absolute Gasteiger partial charge is 0.488 e. The normalized spacial score (nSPS) is 22.9. The number of carbonyl (C=O) groups excluding carboxylic acids is 1. The van der Waals surface area contributed by atoms with Crippen LogP contribution in [0.4, 0.5) is 4.79 Å². The zero-order valence-electron chi connectivity index (χ0n) is 8.98. The Bertz CT molecular complexity index is 394. The molecule has 2 aliphatic heterocycles. The maximum atomic E-state index is 11.4. The molecule has 1 fully saturated rings. The van der Waals surface area contributed by atoms with Crippen LogP contribution >= 0.6 is 0 Å². The Morgan fingerprint density at radius 3 is 3.06 bits per heavy atom. The van der Waals surface area contributed by atoms with Gasteiger partial charge in [0.05, 0.1) is 6.54 Å². The molecule has 3 rings (SSSR count). The van der Waals surface area contributed by atoms with Gasteiger partial charge in [-0.2, -0.15) is 0 Å². The van der Waals surface area contributed by atoms with Crippen LogP contribution in [-0.2, 0) is 6.42 Å². The van der Waals surface area contributed by atoms with Crippen LogP contribution in [0.15, 0.2) is 24.3 Å². The molecule has 1 aromatic carbocycles. The van der Waals surface area contributed by atoms with Crippen molar-refractivity contribution >= 4 is 6.03 Å². The van der Waals surface area contributed by atoms with Crippen molar-refractivity contribution in [2.45, 2.75) is 12.5 Å². The molecule has 2 amide bonds. The van der Waals surface area contributed by atoms with E-state index in [-0.39, 0.29) is 12.1 Å². The highest BCUT2D eigenvalue weighted by Gasteiger charge is 2.28. The highest BCUT2D eigenvalue weighted by molar-refractivity contribution is 5.76. The molecule has 0 radical (unpaired) electrons. The fraction of sp³-hybridized carbons (Fsp3) is 0.417. The number of nitrogens with zero attached hydrogens (tertiary/aromatic N) is 1. The van der Waals surface area contributed by atoms with Crippen molar-refractivity contribution in [3.8, 4) is 5.75 Å². The Labute approximate surface area is 94.2 Å². The van der Waals surface area contributed by atoms with Crippen molar-refractivity contribution in [1.82, 2.24) is 10.2 Å². The van der Waals surface area contributed by atoms with Gasteiger partial charge in [0.25, 0.3) is 0 Å². The van der Waals surface area contributed by atoms with Crippen LogP contribution in [0.2, 0.25) is 0 Å². The molecular formula is C12H14N2O2. The van der Waals surface area contributed by atoms with E-state index in [9.17, 15) is 4.79 Å². The quantitative estimate of drug-likeness (QED) is 0.805. The minimum Gasteiger partial charge on any atom is -0.488 e. The number of ether oxygens (including phenoxy) is 1. The number of benzene rings is 1. The third-order valence-electron chi connectivity index (χ3n) is 3.08. The molecule has 84 valence electrons. The molecule has 0 spiro atoms. The molecule has 0 bridgehead atoms. The molecule has 16 heavy (non-hydrogen) atoms. The van der Waals surface area contributed by atoms with E-state index < -0.39 is 0 Å². The Hall–Kier alpha value is -1.71. The molecule has 4 heteroatoms. The van der Waals surface area contributed by atoms with E-state index in [0.717, 1.165) is 25.3 Å². The smallest absolute Gasteiger partial charge is 0.317 e. The number of carbonyl (C=O) groups is 1. The zero-order chi connectivity index (χ0) is 11.0. The van der Waals surface area contributed by atoms with Crippen molar-refractivity contribution in [2.75, 3.05) is 19.6 Å². The summed E-state index contributed by atoms with van der Waals surface area (Å²) in [6.07, 6.45) is 1.01. The average molecular weight is 218 g/mol. The number of rotatable bonds is 2. The van der Waals surface area contributed by atoms with Crippen molar-refractivity contribution in [3.05, 3.63) is 29.8 Å². The number of hydrogen-bond donors (Lipinski definition) is 1. The summed E-state index contributed by atoms with van der Waals surface area (Å²) in [5, 5.41) is 2.80. The number of para-hydroxylation sites is 1. The first-order valence-electron chi connectivity index (χ1n) is 5.60. The topological polar surface area (TPSA) is 41.6 Å². The number of urea groups is 1. The van der Waals surface area contributed by atoms with Gasteiger partial charge in [-0.25, -0.2) is 4.79 Å². The Morgan fingerprint density at radius 1 is 1.44 bits per heavy atom. The molecule has 1 aromatic rings. The predicted octanol–water partition coefficient (Wildman–Crippen LogP) is 1.02. The lowest BCUT2D eigenvalue weighted by Gasteiger charge is -2.18. The highest BCUT2D eigenvalue weighted by atomic mass is 16.5. The Morgan fingerprint density at radius 2 is 2.31 bits per heavy atom. The van der Waals surface area contributed by atoms with E-state index >= 15 is 0 Å². The summed E-state index contributed by atoms with van der Waals surface area (Å²) in [6, 6.07) is 8.09. The van der Waals surface area contributed by atoms with Gasteiger partial charge < -0.3 is 15.0 Å². The summed E-state index contributed by atoms with van der Waals surface area (Å²) in [5.74, 6) is 0.965. The van der Waals surface area contributed by atoms with Gasteiger partial charge in [-0.05, 0) is 11.6 Å². The molecule has 1 atom stereocenters. The second-order valence-electron chi connectivity index (χ2n) is 4.23. The summed E-state index contributed by atoms with van der Waals surface area (Å²) >= 11 is 0. The fourth-order valence-electron chi connectivity index (χ4n) is 2.29. The van der Waals surface area contributed by atoms with E-state index in [1.165, 1.54) is 5.56 Å². The first-order valence-corrected chi connectivity index (χ1v) is 5.60. The maximum Gasteiger partial charge on any atom is 0.317 e. The van der Waals surface area contributed by atoms with Crippen LogP contribution in [0.5, 0.6) is 5.75 Å². The van der Waals surface area contributed by atoms with Crippen molar-refractivity contribution < 1.29 is 9.53 Å². The van der Waals surface area contributed by atoms with Crippen LogP contribution in [0.3, 0.4) is 0 Å². The van der Waals surface area contributed by atoms with Crippen molar-refractivity contribution in [3.63, 3.8) is 0 Å². The predicted molar refractivity (Wildman–Crippen MR) is 59.5 cm³/mol. The monoisotopic (exact) mass is 218 g/mol. The van der Waals surface area contributed by atoms with Crippen LogP contribution in [-0.4, -0.2) is 36.7 Å². The summed E-state index contributed by atoms with van der Waals surface area (Å²) in [7, 11) is 0. The molecule has 1 unspecified atom stereocenters. The number of amides is 2. The Kier molecular flexibility index (Phi) is 2.20. The minimum absolute atomic E-state index is 0.0274. The zero-order valence-corrected chi connectivity index (χ0v) is 8.98.